The third-order valence-corrected chi connectivity index (χ3v) is 6.34. The summed E-state index contributed by atoms with van der Waals surface area (Å²) in [5.41, 5.74) is 0.878. The molecule has 0 spiro atoms. The number of benzene rings is 2. The average molecular weight is 420 g/mol. The standard InChI is InChI=1S/C22H26FNO4S/c1-29(26,27)21-13-11-20(12-14-21)28-16-22(25)24(19-5-3-2-4-6-19)15-17-7-9-18(23)10-8-17/h7-14,19H,2-6,15-16H2,1H3. The van der Waals surface area contributed by atoms with E-state index in [4.69, 9.17) is 4.74 Å². The minimum absolute atomic E-state index is 0.129. The van der Waals surface area contributed by atoms with Gasteiger partial charge in [0, 0.05) is 18.8 Å². The second-order valence-corrected chi connectivity index (χ2v) is 9.49. The van der Waals surface area contributed by atoms with Crippen LogP contribution < -0.4 is 4.74 Å². The van der Waals surface area contributed by atoms with Crippen molar-refractivity contribution in [3.05, 3.63) is 59.9 Å². The van der Waals surface area contributed by atoms with Crippen molar-refractivity contribution in [1.82, 2.24) is 4.90 Å². The van der Waals surface area contributed by atoms with E-state index in [1.807, 2.05) is 4.90 Å². The molecule has 1 fully saturated rings. The fourth-order valence-electron chi connectivity index (χ4n) is 3.61. The maximum absolute atomic E-state index is 13.2. The van der Waals surface area contributed by atoms with E-state index in [-0.39, 0.29) is 29.3 Å². The number of carbonyl (C=O) groups excluding carboxylic acids is 1. The lowest BCUT2D eigenvalue weighted by Crippen LogP contribution is -2.43. The molecule has 1 amide bonds. The number of nitrogens with zero attached hydrogens (tertiary/aromatic N) is 1. The van der Waals surface area contributed by atoms with Crippen LogP contribution in [0, 0.1) is 5.82 Å². The van der Waals surface area contributed by atoms with Crippen LogP contribution in [-0.2, 0) is 21.2 Å². The van der Waals surface area contributed by atoms with Gasteiger partial charge in [-0.2, -0.15) is 0 Å². The Morgan fingerprint density at radius 3 is 2.24 bits per heavy atom. The van der Waals surface area contributed by atoms with Crippen molar-refractivity contribution >= 4 is 15.7 Å². The molecule has 1 saturated carbocycles. The van der Waals surface area contributed by atoms with Crippen LogP contribution in [0.2, 0.25) is 0 Å². The molecule has 0 N–H and O–H groups in total. The first-order valence-electron chi connectivity index (χ1n) is 9.80. The fourth-order valence-corrected chi connectivity index (χ4v) is 4.24. The van der Waals surface area contributed by atoms with Gasteiger partial charge in [-0.15, -0.1) is 0 Å². The van der Waals surface area contributed by atoms with Crippen LogP contribution in [-0.4, -0.2) is 38.1 Å². The van der Waals surface area contributed by atoms with Gasteiger partial charge in [0.2, 0.25) is 0 Å². The predicted octanol–water partition coefficient (Wildman–Crippen LogP) is 3.97. The quantitative estimate of drug-likeness (QED) is 0.681. The SMILES string of the molecule is CS(=O)(=O)c1ccc(OCC(=O)N(Cc2ccc(F)cc2)C2CCCCC2)cc1. The number of halogens is 1. The predicted molar refractivity (Wildman–Crippen MR) is 109 cm³/mol. The van der Waals surface area contributed by atoms with E-state index in [1.165, 1.54) is 30.7 Å². The van der Waals surface area contributed by atoms with Gasteiger partial charge in [0.15, 0.2) is 16.4 Å². The average Bonchev–Trinajstić information content (AvgIpc) is 2.72. The van der Waals surface area contributed by atoms with Crippen molar-refractivity contribution in [2.45, 2.75) is 49.6 Å². The molecule has 5 nitrogen and oxygen atoms in total. The van der Waals surface area contributed by atoms with Crippen molar-refractivity contribution in [2.24, 2.45) is 0 Å². The van der Waals surface area contributed by atoms with Crippen LogP contribution >= 0.6 is 0 Å². The Hall–Kier alpha value is -2.41. The Balaban J connectivity index is 1.67. The van der Waals surface area contributed by atoms with Crippen molar-refractivity contribution in [1.29, 1.82) is 0 Å². The number of ether oxygens (including phenoxy) is 1. The highest BCUT2D eigenvalue weighted by Gasteiger charge is 2.26. The molecule has 0 heterocycles. The highest BCUT2D eigenvalue weighted by Crippen LogP contribution is 2.25. The molecular weight excluding hydrogens is 393 g/mol. The molecule has 0 bridgehead atoms. The van der Waals surface area contributed by atoms with E-state index in [2.05, 4.69) is 0 Å². The Morgan fingerprint density at radius 2 is 1.66 bits per heavy atom. The van der Waals surface area contributed by atoms with Gasteiger partial charge in [-0.25, -0.2) is 12.8 Å². The summed E-state index contributed by atoms with van der Waals surface area (Å²) in [5.74, 6) is 0.00899. The zero-order chi connectivity index (χ0) is 20.9. The van der Waals surface area contributed by atoms with Crippen molar-refractivity contribution in [2.75, 3.05) is 12.9 Å². The van der Waals surface area contributed by atoms with Gasteiger partial charge < -0.3 is 9.64 Å². The van der Waals surface area contributed by atoms with E-state index < -0.39 is 9.84 Å². The molecule has 2 aromatic carbocycles. The molecule has 0 atom stereocenters. The normalized spacial score (nSPS) is 15.1. The lowest BCUT2D eigenvalue weighted by Gasteiger charge is -2.34. The molecule has 0 aliphatic heterocycles. The maximum Gasteiger partial charge on any atom is 0.261 e. The van der Waals surface area contributed by atoms with Gasteiger partial charge >= 0.3 is 0 Å². The molecule has 0 saturated heterocycles. The molecule has 0 radical (unpaired) electrons. The smallest absolute Gasteiger partial charge is 0.261 e. The molecule has 29 heavy (non-hydrogen) atoms. The third kappa shape index (κ3) is 6.03. The monoisotopic (exact) mass is 419 g/mol. The lowest BCUT2D eigenvalue weighted by atomic mass is 9.93. The minimum Gasteiger partial charge on any atom is -0.484 e. The molecule has 3 rings (SSSR count). The highest BCUT2D eigenvalue weighted by molar-refractivity contribution is 7.90. The van der Waals surface area contributed by atoms with Crippen LogP contribution in [0.5, 0.6) is 5.75 Å². The summed E-state index contributed by atoms with van der Waals surface area (Å²) >= 11 is 0. The molecular formula is C22H26FNO4S. The van der Waals surface area contributed by atoms with E-state index in [9.17, 15) is 17.6 Å². The van der Waals surface area contributed by atoms with Crippen LogP contribution in [0.25, 0.3) is 0 Å². The van der Waals surface area contributed by atoms with Gasteiger partial charge in [0.1, 0.15) is 11.6 Å². The first-order chi connectivity index (χ1) is 13.8. The summed E-state index contributed by atoms with van der Waals surface area (Å²) < 4.78 is 41.9. The summed E-state index contributed by atoms with van der Waals surface area (Å²) in [7, 11) is -3.27. The van der Waals surface area contributed by atoms with Crippen molar-refractivity contribution < 1.29 is 22.3 Å². The summed E-state index contributed by atoms with van der Waals surface area (Å²) in [4.78, 5) is 15.0. The van der Waals surface area contributed by atoms with E-state index in [0.29, 0.717) is 12.3 Å². The Labute approximate surface area is 171 Å². The van der Waals surface area contributed by atoms with E-state index in [1.54, 1.807) is 24.3 Å². The minimum atomic E-state index is -3.27. The summed E-state index contributed by atoms with van der Waals surface area (Å²) in [5, 5.41) is 0. The number of carbonyl (C=O) groups is 1. The molecule has 1 aliphatic rings. The maximum atomic E-state index is 13.2. The van der Waals surface area contributed by atoms with E-state index in [0.717, 1.165) is 37.5 Å². The Kier molecular flexibility index (Phi) is 6.90. The lowest BCUT2D eigenvalue weighted by molar-refractivity contribution is -0.137. The summed E-state index contributed by atoms with van der Waals surface area (Å²) in [6, 6.07) is 12.4. The van der Waals surface area contributed by atoms with Crippen molar-refractivity contribution in [3.8, 4) is 5.75 Å². The van der Waals surface area contributed by atoms with Gasteiger partial charge in [0.05, 0.1) is 4.90 Å². The molecule has 0 unspecified atom stereocenters. The summed E-state index contributed by atoms with van der Waals surface area (Å²) in [6.45, 7) is 0.288. The first-order valence-corrected chi connectivity index (χ1v) is 11.7. The zero-order valence-corrected chi connectivity index (χ0v) is 17.3. The number of rotatable bonds is 7. The topological polar surface area (TPSA) is 63.7 Å². The molecule has 2 aromatic rings. The van der Waals surface area contributed by atoms with Gasteiger partial charge in [-0.1, -0.05) is 31.4 Å². The molecule has 7 heteroatoms. The van der Waals surface area contributed by atoms with Gasteiger partial charge in [-0.05, 0) is 54.8 Å². The van der Waals surface area contributed by atoms with Crippen LogP contribution in [0.4, 0.5) is 4.39 Å². The van der Waals surface area contributed by atoms with E-state index >= 15 is 0 Å². The third-order valence-electron chi connectivity index (χ3n) is 5.22. The Morgan fingerprint density at radius 1 is 1.03 bits per heavy atom. The number of hydrogen-bond donors (Lipinski definition) is 0. The number of amides is 1. The van der Waals surface area contributed by atoms with Gasteiger partial charge in [-0.3, -0.25) is 4.79 Å². The molecule has 156 valence electrons. The van der Waals surface area contributed by atoms with Crippen molar-refractivity contribution in [3.63, 3.8) is 0 Å². The highest BCUT2D eigenvalue weighted by atomic mass is 32.2. The van der Waals surface area contributed by atoms with Crippen LogP contribution in [0.15, 0.2) is 53.4 Å². The zero-order valence-electron chi connectivity index (χ0n) is 16.5. The fraction of sp³-hybridized carbons (Fsp3) is 0.409. The number of sulfone groups is 1. The first kappa shape index (κ1) is 21.3. The summed E-state index contributed by atoms with van der Waals surface area (Å²) in [6.07, 6.45) is 6.41. The molecule has 0 aromatic heterocycles. The Bertz CT molecular complexity index is 920. The molecule has 1 aliphatic carbocycles. The van der Waals surface area contributed by atoms with Crippen LogP contribution in [0.3, 0.4) is 0 Å². The second-order valence-electron chi connectivity index (χ2n) is 7.47. The largest absolute Gasteiger partial charge is 0.484 e. The van der Waals surface area contributed by atoms with Gasteiger partial charge in [0.25, 0.3) is 5.91 Å². The van der Waals surface area contributed by atoms with Crippen LogP contribution in [0.1, 0.15) is 37.7 Å². The number of hydrogen-bond acceptors (Lipinski definition) is 4. The second kappa shape index (κ2) is 9.39.